The fraction of sp³-hybridized carbons (Fsp3) is 0.346. The van der Waals surface area contributed by atoms with Crippen LogP contribution in [0, 0.1) is 0 Å². The molecule has 2 aliphatic heterocycles. The number of anilines is 3. The molecule has 0 bridgehead atoms. The van der Waals surface area contributed by atoms with Gasteiger partial charge in [0.2, 0.25) is 5.95 Å². The molecule has 2 fully saturated rings. The Morgan fingerprint density at radius 3 is 2.15 bits per heavy atom. The number of aliphatic hydroxyl groups is 1. The van der Waals surface area contributed by atoms with Gasteiger partial charge >= 0.3 is 6.18 Å². The molecular formula is C26H25Cl2F3N6O2. The molecule has 2 saturated heterocycles. The monoisotopic (exact) mass is 580 g/mol. The summed E-state index contributed by atoms with van der Waals surface area (Å²) in [5.74, 6) is -0.251. The van der Waals surface area contributed by atoms with E-state index in [0.717, 1.165) is 6.07 Å². The minimum Gasteiger partial charge on any atom is -0.390 e. The Balaban J connectivity index is 1.27. The van der Waals surface area contributed by atoms with E-state index < -0.39 is 18.0 Å². The molecule has 13 heteroatoms. The number of aliphatic hydroxyl groups excluding tert-OH is 1. The van der Waals surface area contributed by atoms with Gasteiger partial charge in [-0.25, -0.2) is 4.98 Å². The lowest BCUT2D eigenvalue weighted by Crippen LogP contribution is -2.54. The first-order chi connectivity index (χ1) is 18.6. The predicted octanol–water partition coefficient (Wildman–Crippen LogP) is 4.55. The summed E-state index contributed by atoms with van der Waals surface area (Å²) in [7, 11) is 0. The van der Waals surface area contributed by atoms with Crippen LogP contribution in [-0.4, -0.2) is 82.2 Å². The Labute approximate surface area is 233 Å². The summed E-state index contributed by atoms with van der Waals surface area (Å²) in [5, 5.41) is 14.7. The zero-order valence-electron chi connectivity index (χ0n) is 20.6. The quantitative estimate of drug-likeness (QED) is 0.458. The van der Waals surface area contributed by atoms with Crippen molar-refractivity contribution in [3.63, 3.8) is 0 Å². The van der Waals surface area contributed by atoms with E-state index in [1.807, 2.05) is 0 Å². The fourth-order valence-electron chi connectivity index (χ4n) is 4.79. The number of carbonyl (C=O) groups excluding carboxylic acids is 1. The zero-order valence-corrected chi connectivity index (χ0v) is 22.1. The third kappa shape index (κ3) is 6.38. The molecule has 206 valence electrons. The summed E-state index contributed by atoms with van der Waals surface area (Å²) in [6, 6.07) is 13.7. The largest absolute Gasteiger partial charge is 0.433 e. The minimum absolute atomic E-state index is 0.0260. The smallest absolute Gasteiger partial charge is 0.390 e. The van der Waals surface area contributed by atoms with Crippen LogP contribution in [0.3, 0.4) is 0 Å². The normalized spacial score (nSPS) is 20.4. The Kier molecular flexibility index (Phi) is 7.86. The summed E-state index contributed by atoms with van der Waals surface area (Å²) < 4.78 is 41.0. The van der Waals surface area contributed by atoms with E-state index in [2.05, 4.69) is 20.2 Å². The molecule has 0 aliphatic carbocycles. The number of alkyl halides is 3. The maximum Gasteiger partial charge on any atom is 0.433 e. The van der Waals surface area contributed by atoms with Crippen LogP contribution in [0.2, 0.25) is 10.0 Å². The van der Waals surface area contributed by atoms with Gasteiger partial charge in [-0.15, -0.1) is 0 Å². The van der Waals surface area contributed by atoms with Crippen molar-refractivity contribution in [1.82, 2.24) is 19.8 Å². The van der Waals surface area contributed by atoms with Gasteiger partial charge in [0.05, 0.1) is 12.1 Å². The van der Waals surface area contributed by atoms with E-state index in [1.165, 1.54) is 0 Å². The molecule has 39 heavy (non-hydrogen) atoms. The highest BCUT2D eigenvalue weighted by atomic mass is 35.5. The minimum atomic E-state index is -4.68. The molecule has 2 N–H and O–H groups in total. The number of aromatic nitrogens is 2. The molecule has 2 atom stereocenters. The summed E-state index contributed by atoms with van der Waals surface area (Å²) in [5.41, 5.74) is -0.0246. The molecular weight excluding hydrogens is 556 g/mol. The van der Waals surface area contributed by atoms with Crippen LogP contribution in [-0.2, 0) is 6.18 Å². The molecule has 3 aromatic rings. The van der Waals surface area contributed by atoms with Gasteiger partial charge in [0, 0.05) is 66.6 Å². The van der Waals surface area contributed by atoms with Crippen LogP contribution in [0.5, 0.6) is 0 Å². The number of rotatable bonds is 5. The molecule has 8 nitrogen and oxygen atoms in total. The number of carbonyl (C=O) groups is 1. The second kappa shape index (κ2) is 11.2. The average Bonchev–Trinajstić information content (AvgIpc) is 3.31. The van der Waals surface area contributed by atoms with Crippen molar-refractivity contribution >= 4 is 46.6 Å². The van der Waals surface area contributed by atoms with Crippen LogP contribution in [0.1, 0.15) is 16.1 Å². The van der Waals surface area contributed by atoms with Gasteiger partial charge in [0.15, 0.2) is 5.69 Å². The van der Waals surface area contributed by atoms with Crippen molar-refractivity contribution in [2.24, 2.45) is 0 Å². The maximum atomic E-state index is 13.7. The number of piperazine rings is 1. The van der Waals surface area contributed by atoms with Gasteiger partial charge in [-0.2, -0.15) is 18.2 Å². The Bertz CT molecular complexity index is 1320. The first kappa shape index (κ1) is 27.4. The first-order valence-electron chi connectivity index (χ1n) is 12.3. The van der Waals surface area contributed by atoms with Crippen molar-refractivity contribution < 1.29 is 23.1 Å². The van der Waals surface area contributed by atoms with Gasteiger partial charge in [0.1, 0.15) is 5.82 Å². The molecule has 1 aromatic heterocycles. The van der Waals surface area contributed by atoms with Crippen LogP contribution in [0.15, 0.2) is 54.6 Å². The van der Waals surface area contributed by atoms with Crippen LogP contribution >= 0.6 is 23.2 Å². The Hall–Kier alpha value is -3.12. The first-order valence-corrected chi connectivity index (χ1v) is 13.0. The number of amides is 1. The molecule has 0 radical (unpaired) electrons. The lowest BCUT2D eigenvalue weighted by molar-refractivity contribution is -0.141. The van der Waals surface area contributed by atoms with Crippen LogP contribution in [0.4, 0.5) is 30.6 Å². The molecule has 0 unspecified atom stereocenters. The predicted molar refractivity (Wildman–Crippen MR) is 143 cm³/mol. The summed E-state index contributed by atoms with van der Waals surface area (Å²) in [4.78, 5) is 26.3. The van der Waals surface area contributed by atoms with E-state index >= 15 is 0 Å². The van der Waals surface area contributed by atoms with Gasteiger partial charge in [-0.1, -0.05) is 23.2 Å². The van der Waals surface area contributed by atoms with Gasteiger partial charge in [-0.3, -0.25) is 9.69 Å². The summed E-state index contributed by atoms with van der Waals surface area (Å²) in [6.07, 6.45) is -5.51. The van der Waals surface area contributed by atoms with Crippen molar-refractivity contribution in [3.8, 4) is 0 Å². The second-order valence-corrected chi connectivity index (χ2v) is 10.3. The topological polar surface area (TPSA) is 84.8 Å². The lowest BCUT2D eigenvalue weighted by Gasteiger charge is -2.38. The molecule has 1 amide bonds. The SMILES string of the molecule is O=C(c1ccc(Cl)cc1)N1CCN([C@@H]2CN(c3nc(Nc4ccc(Cl)cc4)cc(C(F)(F)F)n3)C[C@H]2O)CC1. The molecule has 2 aliphatic rings. The highest BCUT2D eigenvalue weighted by Gasteiger charge is 2.40. The van der Waals surface area contributed by atoms with Crippen molar-refractivity contribution in [2.75, 3.05) is 49.5 Å². The number of nitrogens with zero attached hydrogens (tertiary/aromatic N) is 5. The second-order valence-electron chi connectivity index (χ2n) is 9.44. The van der Waals surface area contributed by atoms with E-state index in [0.29, 0.717) is 47.5 Å². The highest BCUT2D eigenvalue weighted by molar-refractivity contribution is 6.30. The molecule has 2 aromatic carbocycles. The average molecular weight is 581 g/mol. The zero-order chi connectivity index (χ0) is 27.7. The molecule has 0 saturated carbocycles. The summed E-state index contributed by atoms with van der Waals surface area (Å²) >= 11 is 11.8. The number of halogens is 5. The van der Waals surface area contributed by atoms with Gasteiger partial charge in [0.25, 0.3) is 5.91 Å². The number of hydrogen-bond donors (Lipinski definition) is 2. The molecule has 3 heterocycles. The highest BCUT2D eigenvalue weighted by Crippen LogP contribution is 2.32. The summed E-state index contributed by atoms with van der Waals surface area (Å²) in [6.45, 7) is 2.27. The van der Waals surface area contributed by atoms with Crippen molar-refractivity contribution in [1.29, 1.82) is 0 Å². The van der Waals surface area contributed by atoms with Crippen molar-refractivity contribution in [3.05, 3.63) is 75.9 Å². The van der Waals surface area contributed by atoms with Gasteiger partial charge in [-0.05, 0) is 48.5 Å². The van der Waals surface area contributed by atoms with Crippen LogP contribution in [0.25, 0.3) is 0 Å². The van der Waals surface area contributed by atoms with Crippen molar-refractivity contribution in [2.45, 2.75) is 18.3 Å². The number of hydrogen-bond acceptors (Lipinski definition) is 7. The maximum absolute atomic E-state index is 13.7. The third-order valence-electron chi connectivity index (χ3n) is 6.82. The Morgan fingerprint density at radius 2 is 1.54 bits per heavy atom. The third-order valence-corrected chi connectivity index (χ3v) is 7.33. The standard InChI is InChI=1S/C26H25Cl2F3N6O2/c27-17-3-1-16(2-4-17)24(39)36-11-9-35(10-12-36)20-14-37(15-21(20)38)25-33-22(26(29,30)31)13-23(34-25)32-19-7-5-18(28)6-8-19/h1-8,13,20-21,38H,9-12,14-15H2,(H,32,33,34)/t20-,21-/m1/s1. The molecule has 0 spiro atoms. The van der Waals surface area contributed by atoms with E-state index in [1.54, 1.807) is 58.3 Å². The van der Waals surface area contributed by atoms with Crippen LogP contribution < -0.4 is 10.2 Å². The Morgan fingerprint density at radius 1 is 0.923 bits per heavy atom. The van der Waals surface area contributed by atoms with E-state index in [4.69, 9.17) is 23.2 Å². The van der Waals surface area contributed by atoms with Gasteiger partial charge < -0.3 is 20.2 Å². The number of nitrogens with one attached hydrogen (secondary N) is 1. The molecule has 5 rings (SSSR count). The van der Waals surface area contributed by atoms with E-state index in [9.17, 15) is 23.1 Å². The number of β-amino-alcohol motifs (C(OH)–C–C–N with tert-alkyl or cyclic N) is 1. The lowest BCUT2D eigenvalue weighted by atomic mass is 10.1. The van der Waals surface area contributed by atoms with E-state index in [-0.39, 0.29) is 36.8 Å². The number of benzene rings is 2. The fourth-order valence-corrected chi connectivity index (χ4v) is 5.04.